The molecule has 1 aliphatic rings. The number of rotatable bonds is 4. The standard InChI is InChI=1S/C18H21NO2S2/c1-13-3-4-14(2)16(9-13)11-23(21)12-18(20)19-7-5-17-15(10-19)6-8-22-17/h3-4,6,8-9H,5,7,10-12H2,1-2H3. The summed E-state index contributed by atoms with van der Waals surface area (Å²) >= 11 is 1.76. The molecule has 3 nitrogen and oxygen atoms in total. The van der Waals surface area contributed by atoms with Crippen LogP contribution in [0.1, 0.15) is 27.1 Å². The van der Waals surface area contributed by atoms with Crippen LogP contribution in [-0.4, -0.2) is 27.3 Å². The number of hydrogen-bond acceptors (Lipinski definition) is 3. The Kier molecular flexibility index (Phi) is 4.97. The van der Waals surface area contributed by atoms with Crippen LogP contribution in [0, 0.1) is 13.8 Å². The zero-order chi connectivity index (χ0) is 16.4. The zero-order valence-electron chi connectivity index (χ0n) is 13.5. The molecule has 1 atom stereocenters. The molecule has 3 rings (SSSR count). The first kappa shape index (κ1) is 16.4. The van der Waals surface area contributed by atoms with Crippen molar-refractivity contribution in [1.82, 2.24) is 4.90 Å². The van der Waals surface area contributed by atoms with E-state index < -0.39 is 10.8 Å². The van der Waals surface area contributed by atoms with Gasteiger partial charge in [0.05, 0.1) is 0 Å². The number of thiophene rings is 1. The minimum Gasteiger partial charge on any atom is -0.337 e. The van der Waals surface area contributed by atoms with E-state index in [2.05, 4.69) is 23.6 Å². The molecule has 0 radical (unpaired) electrons. The second kappa shape index (κ2) is 6.97. The molecule has 122 valence electrons. The third-order valence-corrected chi connectivity index (χ3v) is 6.49. The highest BCUT2D eigenvalue weighted by Crippen LogP contribution is 2.24. The highest BCUT2D eigenvalue weighted by Gasteiger charge is 2.22. The van der Waals surface area contributed by atoms with Crippen molar-refractivity contribution in [3.8, 4) is 0 Å². The van der Waals surface area contributed by atoms with Crippen LogP contribution in [0.5, 0.6) is 0 Å². The van der Waals surface area contributed by atoms with E-state index in [1.54, 1.807) is 11.3 Å². The van der Waals surface area contributed by atoms with Gasteiger partial charge < -0.3 is 4.90 Å². The first-order valence-electron chi connectivity index (χ1n) is 7.77. The molecule has 0 N–H and O–H groups in total. The average Bonchev–Trinajstić information content (AvgIpc) is 2.98. The number of amides is 1. The molecule has 1 aromatic heterocycles. The summed E-state index contributed by atoms with van der Waals surface area (Å²) in [6.07, 6.45) is 0.919. The maximum absolute atomic E-state index is 12.4. The van der Waals surface area contributed by atoms with Crippen LogP contribution in [0.3, 0.4) is 0 Å². The number of carbonyl (C=O) groups excluding carboxylic acids is 1. The van der Waals surface area contributed by atoms with Crippen molar-refractivity contribution in [2.45, 2.75) is 32.6 Å². The maximum atomic E-state index is 12.4. The number of hydrogen-bond donors (Lipinski definition) is 0. The van der Waals surface area contributed by atoms with E-state index in [1.165, 1.54) is 10.4 Å². The van der Waals surface area contributed by atoms with Crippen LogP contribution < -0.4 is 0 Å². The summed E-state index contributed by atoms with van der Waals surface area (Å²) in [5, 5.41) is 2.08. The Balaban J connectivity index is 1.60. The zero-order valence-corrected chi connectivity index (χ0v) is 15.1. The van der Waals surface area contributed by atoms with Crippen molar-refractivity contribution in [1.29, 1.82) is 0 Å². The predicted molar refractivity (Wildman–Crippen MR) is 96.1 cm³/mol. The second-order valence-corrected chi connectivity index (χ2v) is 8.55. The number of aryl methyl sites for hydroxylation is 2. The lowest BCUT2D eigenvalue weighted by Gasteiger charge is -2.27. The molecular weight excluding hydrogens is 326 g/mol. The van der Waals surface area contributed by atoms with Crippen LogP contribution in [0.15, 0.2) is 29.6 Å². The number of nitrogens with zero attached hydrogens (tertiary/aromatic N) is 1. The van der Waals surface area contributed by atoms with Crippen LogP contribution in [0.4, 0.5) is 0 Å². The minimum absolute atomic E-state index is 0.00508. The molecule has 0 saturated heterocycles. The molecule has 1 amide bonds. The average molecular weight is 348 g/mol. The van der Waals surface area contributed by atoms with Crippen molar-refractivity contribution in [3.63, 3.8) is 0 Å². The second-order valence-electron chi connectivity index (χ2n) is 6.09. The Labute approximate surface area is 143 Å². The predicted octanol–water partition coefficient (Wildman–Crippen LogP) is 3.20. The Hall–Kier alpha value is -1.46. The normalized spacial score (nSPS) is 15.3. The molecule has 1 aliphatic heterocycles. The summed E-state index contributed by atoms with van der Waals surface area (Å²) in [6, 6.07) is 8.26. The lowest BCUT2D eigenvalue weighted by atomic mass is 10.1. The fraction of sp³-hybridized carbons (Fsp3) is 0.389. The lowest BCUT2D eigenvalue weighted by Crippen LogP contribution is -2.38. The number of fused-ring (bicyclic) bond motifs is 1. The Bertz CT molecular complexity index is 751. The summed E-state index contributed by atoms with van der Waals surface area (Å²) < 4.78 is 12.4. The largest absolute Gasteiger partial charge is 0.337 e. The first-order chi connectivity index (χ1) is 11.0. The summed E-state index contributed by atoms with van der Waals surface area (Å²) in [6.45, 7) is 5.46. The van der Waals surface area contributed by atoms with E-state index in [9.17, 15) is 9.00 Å². The van der Waals surface area contributed by atoms with Gasteiger partial charge in [0.25, 0.3) is 0 Å². The summed E-state index contributed by atoms with van der Waals surface area (Å²) in [4.78, 5) is 15.6. The van der Waals surface area contributed by atoms with Gasteiger partial charge >= 0.3 is 0 Å². The van der Waals surface area contributed by atoms with Gasteiger partial charge in [-0.2, -0.15) is 0 Å². The molecule has 23 heavy (non-hydrogen) atoms. The van der Waals surface area contributed by atoms with Gasteiger partial charge in [-0.1, -0.05) is 23.8 Å². The third kappa shape index (κ3) is 3.90. The molecule has 0 bridgehead atoms. The fourth-order valence-electron chi connectivity index (χ4n) is 2.87. The van der Waals surface area contributed by atoms with E-state index in [-0.39, 0.29) is 11.7 Å². The Morgan fingerprint density at radius 1 is 1.30 bits per heavy atom. The number of carbonyl (C=O) groups is 1. The van der Waals surface area contributed by atoms with Crippen molar-refractivity contribution in [2.75, 3.05) is 12.3 Å². The van der Waals surface area contributed by atoms with Crippen molar-refractivity contribution < 1.29 is 9.00 Å². The van der Waals surface area contributed by atoms with Gasteiger partial charge in [0.1, 0.15) is 5.75 Å². The van der Waals surface area contributed by atoms with Crippen LogP contribution in [0.25, 0.3) is 0 Å². The van der Waals surface area contributed by atoms with E-state index in [1.807, 2.05) is 24.8 Å². The van der Waals surface area contributed by atoms with Crippen molar-refractivity contribution in [2.24, 2.45) is 0 Å². The van der Waals surface area contributed by atoms with Gasteiger partial charge in [0.2, 0.25) is 5.91 Å². The van der Waals surface area contributed by atoms with Gasteiger partial charge in [0.15, 0.2) is 0 Å². The molecule has 0 aliphatic carbocycles. The van der Waals surface area contributed by atoms with Gasteiger partial charge in [-0.25, -0.2) is 0 Å². The molecule has 0 spiro atoms. The van der Waals surface area contributed by atoms with Crippen molar-refractivity contribution in [3.05, 3.63) is 56.8 Å². The monoisotopic (exact) mass is 347 g/mol. The van der Waals surface area contributed by atoms with E-state index >= 15 is 0 Å². The summed E-state index contributed by atoms with van der Waals surface area (Å²) in [5.74, 6) is 0.578. The smallest absolute Gasteiger partial charge is 0.235 e. The quantitative estimate of drug-likeness (QED) is 0.852. The van der Waals surface area contributed by atoms with Crippen LogP contribution in [-0.2, 0) is 34.3 Å². The van der Waals surface area contributed by atoms with Gasteiger partial charge in [0, 0.05) is 34.5 Å². The minimum atomic E-state index is -1.16. The Morgan fingerprint density at radius 3 is 2.96 bits per heavy atom. The van der Waals surface area contributed by atoms with Crippen LogP contribution in [0.2, 0.25) is 0 Å². The first-order valence-corrected chi connectivity index (χ1v) is 10.1. The fourth-order valence-corrected chi connectivity index (χ4v) is 4.98. The molecule has 2 heterocycles. The maximum Gasteiger partial charge on any atom is 0.235 e. The summed E-state index contributed by atoms with van der Waals surface area (Å²) in [7, 11) is -1.16. The molecule has 0 saturated carbocycles. The van der Waals surface area contributed by atoms with Crippen molar-refractivity contribution >= 4 is 28.0 Å². The van der Waals surface area contributed by atoms with Gasteiger partial charge in [-0.15, -0.1) is 11.3 Å². The van der Waals surface area contributed by atoms with E-state index in [4.69, 9.17) is 0 Å². The molecule has 1 aromatic carbocycles. The van der Waals surface area contributed by atoms with Gasteiger partial charge in [-0.05, 0) is 48.4 Å². The van der Waals surface area contributed by atoms with Gasteiger partial charge in [-0.3, -0.25) is 9.00 Å². The summed E-state index contributed by atoms with van der Waals surface area (Å²) in [5.41, 5.74) is 4.62. The highest BCUT2D eigenvalue weighted by molar-refractivity contribution is 7.84. The molecule has 5 heteroatoms. The third-order valence-electron chi connectivity index (χ3n) is 4.27. The van der Waals surface area contributed by atoms with E-state index in [0.717, 1.165) is 29.7 Å². The molecule has 1 unspecified atom stereocenters. The topological polar surface area (TPSA) is 37.4 Å². The highest BCUT2D eigenvalue weighted by atomic mass is 32.2. The SMILES string of the molecule is Cc1ccc(C)c(CS(=O)CC(=O)N2CCc3sccc3C2)c1. The lowest BCUT2D eigenvalue weighted by molar-refractivity contribution is -0.129. The van der Waals surface area contributed by atoms with E-state index in [0.29, 0.717) is 12.3 Å². The van der Waals surface area contributed by atoms with Crippen LogP contribution >= 0.6 is 11.3 Å². The molecule has 2 aromatic rings. The molecule has 0 fully saturated rings. The number of benzene rings is 1. The Morgan fingerprint density at radius 2 is 2.13 bits per heavy atom. The molecular formula is C18H21NO2S2.